The smallest absolute Gasteiger partial charge is 1.00 e. The van der Waals surface area contributed by atoms with Crippen molar-refractivity contribution in [2.24, 2.45) is 5.92 Å². The van der Waals surface area contributed by atoms with Crippen molar-refractivity contribution in [3.05, 3.63) is 6.92 Å². The first-order valence-electron chi connectivity index (χ1n) is 1.56. The van der Waals surface area contributed by atoms with E-state index in [1.165, 1.54) is 0 Å². The third-order valence-corrected chi connectivity index (χ3v) is 0. The van der Waals surface area contributed by atoms with Crippen LogP contribution in [0.3, 0.4) is 0 Å². The van der Waals surface area contributed by atoms with Crippen molar-refractivity contribution in [3.8, 4) is 0 Å². The molecule has 0 fully saturated rings. The van der Waals surface area contributed by atoms with Gasteiger partial charge in [-0.2, -0.15) is 5.92 Å². The van der Waals surface area contributed by atoms with Crippen molar-refractivity contribution >= 4 is 17.4 Å². The third kappa shape index (κ3) is 150. The van der Waals surface area contributed by atoms with Crippen LogP contribution in [0.25, 0.3) is 0 Å². The van der Waals surface area contributed by atoms with Crippen LogP contribution in [-0.4, -0.2) is 17.4 Å². The van der Waals surface area contributed by atoms with E-state index >= 15 is 0 Å². The van der Waals surface area contributed by atoms with Crippen molar-refractivity contribution in [1.82, 2.24) is 0 Å². The van der Waals surface area contributed by atoms with Gasteiger partial charge in [0, 0.05) is 0 Å². The Morgan fingerprint density at radius 2 is 1.14 bits per heavy atom. The van der Waals surface area contributed by atoms with E-state index in [1.54, 1.807) is 0 Å². The normalized spacial score (nSPS) is 5.14. The fraction of sp³-hybridized carbons (Fsp3) is 0.750. The molecule has 42 valence electrons. The summed E-state index contributed by atoms with van der Waals surface area (Å²) in [6, 6.07) is 0. The van der Waals surface area contributed by atoms with Crippen LogP contribution in [0.15, 0.2) is 0 Å². The largest absolute Gasteiger partial charge is 3.00 e. The Kier molecular flexibility index (Phi) is 54.5. The van der Waals surface area contributed by atoms with E-state index in [0.29, 0.717) is 5.92 Å². The monoisotopic (exact) mass is 154 g/mol. The summed E-state index contributed by atoms with van der Waals surface area (Å²) in [7, 11) is 0. The van der Waals surface area contributed by atoms with Gasteiger partial charge in [-0.15, -0.1) is 0 Å². The molecule has 0 aromatic carbocycles. The third-order valence-electron chi connectivity index (χ3n) is 0. The molecule has 7 heavy (non-hydrogen) atoms. The molecule has 0 aromatic heterocycles. The summed E-state index contributed by atoms with van der Waals surface area (Å²) in [5.41, 5.74) is 0. The molecular weight excluding hydrogens is 146 g/mol. The van der Waals surface area contributed by atoms with Gasteiger partial charge < -0.3 is 31.7 Å². The average molecular weight is 155 g/mol. The minimum atomic E-state index is 0. The number of hydrogen-bond donors (Lipinski definition) is 0. The molecule has 0 radical (unpaired) electrons. The molecule has 0 aliphatic heterocycles. The maximum Gasteiger partial charge on any atom is 3.00 e. The predicted octanol–water partition coefficient (Wildman–Crippen LogP) is -4.90. The van der Waals surface area contributed by atoms with Crippen molar-refractivity contribution < 1.29 is 24.8 Å². The van der Waals surface area contributed by atoms with E-state index in [-0.39, 0.29) is 42.2 Å². The summed E-state index contributed by atoms with van der Waals surface area (Å²) in [4.78, 5) is 0. The Labute approximate surface area is 69.0 Å². The van der Waals surface area contributed by atoms with Gasteiger partial charge in [0.1, 0.15) is 0 Å². The zero-order valence-corrected chi connectivity index (χ0v) is 7.28. The molecule has 0 aliphatic carbocycles. The Morgan fingerprint density at radius 1 is 1.14 bits per heavy atom. The summed E-state index contributed by atoms with van der Waals surface area (Å²) in [5.74, 6) is 0.583. The van der Waals surface area contributed by atoms with Gasteiger partial charge in [0.05, 0.1) is 0 Å². The van der Waals surface area contributed by atoms with E-state index in [0.717, 1.165) is 0 Å². The topological polar surface area (TPSA) is 0 Å². The Bertz CT molecular complexity index is 14.4. The molecule has 0 unspecified atom stereocenters. The van der Waals surface area contributed by atoms with Crippen LogP contribution in [0, 0.1) is 12.8 Å². The molecule has 0 aliphatic rings. The summed E-state index contributed by atoms with van der Waals surface area (Å²) in [5, 5.41) is 0. The summed E-state index contributed by atoms with van der Waals surface area (Å²) >= 11 is 0. The quantitative estimate of drug-likeness (QED) is 0.243. The maximum absolute atomic E-state index is 3.64. The van der Waals surface area contributed by atoms with Gasteiger partial charge in [0.25, 0.3) is 0 Å². The first kappa shape index (κ1) is 24.3. The minimum absolute atomic E-state index is 0. The second kappa shape index (κ2) is 15.7. The van der Waals surface area contributed by atoms with Gasteiger partial charge in [0.15, 0.2) is 0 Å². The number of rotatable bonds is 0. The molecule has 0 bridgehead atoms. The van der Waals surface area contributed by atoms with Crippen LogP contribution in [-0.2, 0) is 0 Å². The zero-order valence-electron chi connectivity index (χ0n) is 4.62. The predicted molar refractivity (Wildman–Crippen MR) is 25.9 cm³/mol. The molecule has 0 spiro atoms. The SMILES string of the molecule is [Al+3].[CH2-]C(C)C.[Cl-].[Cl-]. The van der Waals surface area contributed by atoms with Crippen molar-refractivity contribution in [2.75, 3.05) is 0 Å². The molecule has 0 saturated heterocycles. The van der Waals surface area contributed by atoms with Crippen molar-refractivity contribution in [2.45, 2.75) is 13.8 Å². The second-order valence-corrected chi connectivity index (χ2v) is 1.39. The molecule has 0 atom stereocenters. The Hall–Kier alpha value is 1.11. The van der Waals surface area contributed by atoms with Gasteiger partial charge in [-0.25, -0.2) is 0 Å². The Balaban J connectivity index is -0.0000000150. The number of halogens is 2. The fourth-order valence-electron chi connectivity index (χ4n) is 0. The first-order chi connectivity index (χ1) is 1.73. The molecule has 3 heteroatoms. The molecular formula is C4H9AlCl2. The van der Waals surface area contributed by atoms with Gasteiger partial charge in [0.2, 0.25) is 0 Å². The van der Waals surface area contributed by atoms with Gasteiger partial charge in [-0.05, 0) is 0 Å². The van der Waals surface area contributed by atoms with Crippen LogP contribution >= 0.6 is 0 Å². The van der Waals surface area contributed by atoms with Gasteiger partial charge in [-0.3, -0.25) is 0 Å². The van der Waals surface area contributed by atoms with Gasteiger partial charge in [-0.1, -0.05) is 13.8 Å². The summed E-state index contributed by atoms with van der Waals surface area (Å²) in [6.45, 7) is 7.75. The van der Waals surface area contributed by atoms with Crippen LogP contribution in [0.2, 0.25) is 0 Å². The molecule has 0 amide bonds. The molecule has 0 nitrogen and oxygen atoms in total. The summed E-state index contributed by atoms with van der Waals surface area (Å²) < 4.78 is 0. The van der Waals surface area contributed by atoms with E-state index < -0.39 is 0 Å². The molecule has 0 aromatic rings. The van der Waals surface area contributed by atoms with E-state index in [2.05, 4.69) is 20.8 Å². The standard InChI is InChI=1S/C4H9.Al.2ClH/c1-4(2)3;;;/h4H,1H2,2-3H3;;2*1H/q-1;+3;;/p-2. The van der Waals surface area contributed by atoms with E-state index in [1.807, 2.05) is 0 Å². The van der Waals surface area contributed by atoms with E-state index in [9.17, 15) is 0 Å². The minimum Gasteiger partial charge on any atom is -1.00 e. The van der Waals surface area contributed by atoms with Crippen molar-refractivity contribution in [3.63, 3.8) is 0 Å². The fourth-order valence-corrected chi connectivity index (χ4v) is 0. The number of hydrogen-bond acceptors (Lipinski definition) is 0. The van der Waals surface area contributed by atoms with Crippen LogP contribution < -0.4 is 24.8 Å². The molecule has 0 N–H and O–H groups in total. The Morgan fingerprint density at radius 3 is 1.14 bits per heavy atom. The van der Waals surface area contributed by atoms with Crippen LogP contribution in [0.1, 0.15) is 13.8 Å². The molecule has 0 rings (SSSR count). The van der Waals surface area contributed by atoms with Gasteiger partial charge >= 0.3 is 17.4 Å². The average Bonchev–Trinajstić information content (AvgIpc) is 0.811. The summed E-state index contributed by atoms with van der Waals surface area (Å²) in [6.07, 6.45) is 0. The van der Waals surface area contributed by atoms with Crippen molar-refractivity contribution in [1.29, 1.82) is 0 Å². The molecule has 0 heterocycles. The first-order valence-corrected chi connectivity index (χ1v) is 1.56. The van der Waals surface area contributed by atoms with E-state index in [4.69, 9.17) is 0 Å². The van der Waals surface area contributed by atoms with Crippen LogP contribution in [0.5, 0.6) is 0 Å². The van der Waals surface area contributed by atoms with Crippen LogP contribution in [0.4, 0.5) is 0 Å². The molecule has 0 saturated carbocycles. The maximum atomic E-state index is 3.64. The zero-order chi connectivity index (χ0) is 3.58. The second-order valence-electron chi connectivity index (χ2n) is 1.39.